The molecular formula is C38H36IrNO3-. The minimum Gasteiger partial charge on any atom is -0.512 e. The van der Waals surface area contributed by atoms with Gasteiger partial charge in [-0.15, -0.1) is 29.1 Å². The van der Waals surface area contributed by atoms with Crippen molar-refractivity contribution in [3.8, 4) is 11.3 Å². The maximum Gasteiger partial charge on any atom is 0.155 e. The fraction of sp³-hybridized carbons (Fsp3) is 0.263. The van der Waals surface area contributed by atoms with Crippen LogP contribution >= 0.6 is 0 Å². The predicted octanol–water partition coefficient (Wildman–Crippen LogP) is 10.1. The topological polar surface area (TPSA) is 63.3 Å². The Morgan fingerprint density at radius 3 is 2.16 bits per heavy atom. The first-order valence-corrected chi connectivity index (χ1v) is 14.5. The van der Waals surface area contributed by atoms with Gasteiger partial charge in [0.1, 0.15) is 11.2 Å². The molecule has 1 aliphatic carbocycles. The molecule has 0 aliphatic heterocycles. The van der Waals surface area contributed by atoms with Crippen LogP contribution in [0.25, 0.3) is 54.7 Å². The van der Waals surface area contributed by atoms with Crippen LogP contribution in [0.1, 0.15) is 65.5 Å². The van der Waals surface area contributed by atoms with Gasteiger partial charge in [0.25, 0.3) is 0 Å². The number of aliphatic hydroxyl groups excluding tert-OH is 1. The van der Waals surface area contributed by atoms with Crippen molar-refractivity contribution in [2.24, 2.45) is 0 Å². The molecule has 4 aromatic carbocycles. The first-order chi connectivity index (χ1) is 19.9. The second-order valence-corrected chi connectivity index (χ2v) is 12.8. The second kappa shape index (κ2) is 11.4. The minimum absolute atomic E-state index is 0. The van der Waals surface area contributed by atoms with E-state index in [0.29, 0.717) is 0 Å². The molecule has 2 aromatic heterocycles. The number of allylic oxidation sites excluding steroid dienone is 2. The Balaban J connectivity index is 0.000000415. The maximum atomic E-state index is 10.0. The van der Waals surface area contributed by atoms with Crippen LogP contribution in [-0.4, -0.2) is 15.9 Å². The SMILES string of the molecule is CC(=O)/C=C(/C)O.CC1(C)CCC(C)(C)c2cc3c(cc21)oc1cc2ccnc(-c4[c-]ccc5ccccc45)c2cc13.[Ir]. The Kier molecular flexibility index (Phi) is 8.11. The van der Waals surface area contributed by atoms with E-state index < -0.39 is 0 Å². The molecular weight excluding hydrogens is 711 g/mol. The van der Waals surface area contributed by atoms with Crippen LogP contribution in [0.15, 0.2) is 89.2 Å². The van der Waals surface area contributed by atoms with E-state index in [9.17, 15) is 4.79 Å². The quantitative estimate of drug-likeness (QED) is 0.109. The normalized spacial score (nSPS) is 15.5. The number of aliphatic hydroxyl groups is 1. The summed E-state index contributed by atoms with van der Waals surface area (Å²) in [6.45, 7) is 12.3. The van der Waals surface area contributed by atoms with E-state index >= 15 is 0 Å². The van der Waals surface area contributed by atoms with Crippen molar-refractivity contribution in [2.75, 3.05) is 0 Å². The number of aromatic nitrogens is 1. The number of benzene rings is 4. The van der Waals surface area contributed by atoms with E-state index in [1.165, 1.54) is 60.1 Å². The Morgan fingerprint density at radius 2 is 1.49 bits per heavy atom. The van der Waals surface area contributed by atoms with Crippen LogP contribution in [0.4, 0.5) is 0 Å². The summed E-state index contributed by atoms with van der Waals surface area (Å²) >= 11 is 0. The molecule has 0 amide bonds. The number of hydrogen-bond donors (Lipinski definition) is 1. The molecule has 0 saturated heterocycles. The number of hydrogen-bond acceptors (Lipinski definition) is 4. The van der Waals surface area contributed by atoms with Gasteiger partial charge in [-0.3, -0.25) is 4.79 Å². The molecule has 1 radical (unpaired) electrons. The van der Waals surface area contributed by atoms with Gasteiger partial charge >= 0.3 is 0 Å². The molecule has 0 atom stereocenters. The van der Waals surface area contributed by atoms with Crippen molar-refractivity contribution < 1.29 is 34.4 Å². The fourth-order valence-corrected chi connectivity index (χ4v) is 6.35. The molecule has 4 nitrogen and oxygen atoms in total. The van der Waals surface area contributed by atoms with Crippen molar-refractivity contribution in [1.82, 2.24) is 4.98 Å². The summed E-state index contributed by atoms with van der Waals surface area (Å²) in [5, 5.41) is 15.4. The third-order valence-electron chi connectivity index (χ3n) is 8.70. The van der Waals surface area contributed by atoms with Gasteiger partial charge in [0.05, 0.1) is 5.76 Å². The number of nitrogens with zero attached hydrogens (tertiary/aromatic N) is 1. The molecule has 0 fully saturated rings. The van der Waals surface area contributed by atoms with E-state index in [1.807, 2.05) is 12.3 Å². The Morgan fingerprint density at radius 1 is 0.837 bits per heavy atom. The zero-order chi connectivity index (χ0) is 29.8. The average molecular weight is 747 g/mol. The van der Waals surface area contributed by atoms with Crippen molar-refractivity contribution >= 4 is 49.3 Å². The molecule has 221 valence electrons. The van der Waals surface area contributed by atoms with Crippen molar-refractivity contribution in [1.29, 1.82) is 0 Å². The Hall–Kier alpha value is -3.79. The molecule has 0 saturated carbocycles. The molecule has 43 heavy (non-hydrogen) atoms. The van der Waals surface area contributed by atoms with E-state index in [2.05, 4.69) is 94.4 Å². The van der Waals surface area contributed by atoms with Gasteiger partial charge in [-0.2, -0.15) is 0 Å². The summed E-state index contributed by atoms with van der Waals surface area (Å²) < 4.78 is 6.48. The zero-order valence-corrected chi connectivity index (χ0v) is 27.9. The van der Waals surface area contributed by atoms with E-state index in [-0.39, 0.29) is 42.5 Å². The summed E-state index contributed by atoms with van der Waals surface area (Å²) in [4.78, 5) is 14.9. The maximum absolute atomic E-state index is 10.0. The smallest absolute Gasteiger partial charge is 0.155 e. The number of ketones is 1. The monoisotopic (exact) mass is 747 g/mol. The van der Waals surface area contributed by atoms with Crippen LogP contribution in [0.5, 0.6) is 0 Å². The summed E-state index contributed by atoms with van der Waals surface area (Å²) in [7, 11) is 0. The first-order valence-electron chi connectivity index (χ1n) is 14.5. The first kappa shape index (κ1) is 30.7. The summed E-state index contributed by atoms with van der Waals surface area (Å²) in [6.07, 6.45) is 5.45. The van der Waals surface area contributed by atoms with Crippen LogP contribution in [0, 0.1) is 6.07 Å². The molecule has 2 heterocycles. The van der Waals surface area contributed by atoms with Crippen LogP contribution in [0.2, 0.25) is 0 Å². The summed E-state index contributed by atoms with van der Waals surface area (Å²) in [6, 6.07) is 27.3. The number of fused-ring (bicyclic) bond motifs is 6. The standard InChI is InChI=1S/C33H28NO.C5H8O2.Ir/c1-32(2)13-14-33(3,4)28-19-30-26(18-27(28)32)25-17-24-21(16-29(25)35-30)12-15-34-31(24)23-11-7-9-20-8-5-6-10-22(20)23;1-4(6)3-5(2)7;/h5-10,12,15-19H,13-14H2,1-4H3;3,6H,1-2H3;/q-1;;/b;4-3-;. The number of carbonyl (C=O) groups is 1. The van der Waals surface area contributed by atoms with Crippen molar-refractivity contribution in [3.05, 3.63) is 102 Å². The molecule has 0 unspecified atom stereocenters. The molecule has 1 aliphatic rings. The van der Waals surface area contributed by atoms with Gasteiger partial charge in [-0.05, 0) is 95.4 Å². The fourth-order valence-electron chi connectivity index (χ4n) is 6.35. The molecule has 6 aromatic rings. The predicted molar refractivity (Wildman–Crippen MR) is 173 cm³/mol. The third kappa shape index (κ3) is 5.64. The summed E-state index contributed by atoms with van der Waals surface area (Å²) in [5.74, 6) is -0.0625. The Labute approximate surface area is 266 Å². The van der Waals surface area contributed by atoms with Gasteiger partial charge in [-0.25, -0.2) is 0 Å². The van der Waals surface area contributed by atoms with Crippen molar-refractivity contribution in [3.63, 3.8) is 0 Å². The third-order valence-corrected chi connectivity index (χ3v) is 8.70. The zero-order valence-electron chi connectivity index (χ0n) is 25.5. The van der Waals surface area contributed by atoms with E-state index in [4.69, 9.17) is 14.5 Å². The van der Waals surface area contributed by atoms with E-state index in [1.54, 1.807) is 0 Å². The largest absolute Gasteiger partial charge is 0.512 e. The number of pyridine rings is 1. The molecule has 1 N–H and O–H groups in total. The number of furan rings is 1. The molecule has 7 rings (SSSR count). The van der Waals surface area contributed by atoms with Gasteiger partial charge in [0.2, 0.25) is 0 Å². The molecule has 0 bridgehead atoms. The number of carbonyl (C=O) groups excluding carboxylic acids is 1. The van der Waals surface area contributed by atoms with Crippen LogP contribution in [0.3, 0.4) is 0 Å². The minimum atomic E-state index is -0.125. The summed E-state index contributed by atoms with van der Waals surface area (Å²) in [5.41, 5.74) is 7.12. The Bertz CT molecular complexity index is 2040. The van der Waals surface area contributed by atoms with Gasteiger partial charge in [-0.1, -0.05) is 57.3 Å². The van der Waals surface area contributed by atoms with Gasteiger partial charge in [0.15, 0.2) is 5.78 Å². The van der Waals surface area contributed by atoms with Crippen LogP contribution < -0.4 is 0 Å². The number of rotatable bonds is 2. The second-order valence-electron chi connectivity index (χ2n) is 12.8. The van der Waals surface area contributed by atoms with Gasteiger partial charge in [0, 0.05) is 43.2 Å². The van der Waals surface area contributed by atoms with E-state index in [0.717, 1.165) is 38.6 Å². The molecule has 0 spiro atoms. The average Bonchev–Trinajstić information content (AvgIpc) is 3.29. The van der Waals surface area contributed by atoms with Gasteiger partial charge < -0.3 is 14.5 Å². The molecule has 5 heteroatoms. The van der Waals surface area contributed by atoms with Crippen molar-refractivity contribution in [2.45, 2.75) is 65.2 Å². The van der Waals surface area contributed by atoms with Crippen LogP contribution in [-0.2, 0) is 35.7 Å².